The Bertz CT molecular complexity index is 1170. The molecule has 5 atom stereocenters. The molecule has 0 amide bonds. The molecule has 9 heteroatoms. The molecule has 0 saturated carbocycles. The normalized spacial score (nSPS) is 17.3. The van der Waals surface area contributed by atoms with Crippen molar-refractivity contribution in [2.45, 2.75) is 149 Å². The second kappa shape index (κ2) is 18.1. The number of rotatable bonds is 19. The van der Waals surface area contributed by atoms with Gasteiger partial charge in [-0.3, -0.25) is 0 Å². The third kappa shape index (κ3) is 13.8. The van der Waals surface area contributed by atoms with E-state index in [4.69, 9.17) is 22.8 Å². The maximum Gasteiger partial charge on any atom is 0.192 e. The van der Waals surface area contributed by atoms with Gasteiger partial charge in [-0.1, -0.05) is 93.5 Å². The van der Waals surface area contributed by atoms with Crippen LogP contribution in [0.4, 0.5) is 0 Å². The van der Waals surface area contributed by atoms with Gasteiger partial charge in [-0.2, -0.15) is 0 Å². The van der Waals surface area contributed by atoms with Crippen LogP contribution in [0, 0.1) is 17.8 Å². The van der Waals surface area contributed by atoms with Crippen LogP contribution in [0.5, 0.6) is 5.75 Å². The lowest BCUT2D eigenvalue weighted by Crippen LogP contribution is -2.52. The Kier molecular flexibility index (Phi) is 17.0. The summed E-state index contributed by atoms with van der Waals surface area (Å²) in [6.45, 7) is 44.4. The smallest absolute Gasteiger partial charge is 0.192 e. The topological polar surface area (TPSA) is 66.4 Å². The van der Waals surface area contributed by atoms with Crippen LogP contribution in [-0.4, -0.2) is 69.2 Å². The van der Waals surface area contributed by atoms with E-state index in [0.717, 1.165) is 16.9 Å². The van der Waals surface area contributed by atoms with E-state index in [1.54, 1.807) is 7.11 Å². The highest BCUT2D eigenvalue weighted by atomic mass is 28.4. The van der Waals surface area contributed by atoms with Gasteiger partial charge in [-0.05, 0) is 90.5 Å². The van der Waals surface area contributed by atoms with Crippen molar-refractivity contribution in [1.29, 1.82) is 0 Å². The van der Waals surface area contributed by atoms with Gasteiger partial charge < -0.3 is 27.9 Å². The molecule has 0 aromatic heterocycles. The number of hydrogen-bond acceptors (Lipinski definition) is 6. The lowest BCUT2D eigenvalue weighted by atomic mass is 9.84. The van der Waals surface area contributed by atoms with Gasteiger partial charge in [0.05, 0.1) is 32.5 Å². The molecule has 0 radical (unpaired) electrons. The molecule has 0 aliphatic rings. The Morgan fingerprint density at radius 3 is 1.67 bits per heavy atom. The molecule has 0 unspecified atom stereocenters. The van der Waals surface area contributed by atoms with E-state index in [1.807, 2.05) is 30.3 Å². The van der Waals surface area contributed by atoms with E-state index in [9.17, 15) is 5.11 Å². The molecular formula is C40H76O6Si3. The Morgan fingerprint density at radius 1 is 0.776 bits per heavy atom. The van der Waals surface area contributed by atoms with Crippen LogP contribution in [-0.2, 0) is 24.6 Å². The first-order valence-corrected chi connectivity index (χ1v) is 27.0. The van der Waals surface area contributed by atoms with Crippen molar-refractivity contribution in [2.24, 2.45) is 17.8 Å². The first kappa shape index (κ1) is 46.0. The fourth-order valence-corrected chi connectivity index (χ4v) is 8.15. The highest BCUT2D eigenvalue weighted by molar-refractivity contribution is 6.75. The molecular weight excluding hydrogens is 661 g/mol. The van der Waals surface area contributed by atoms with E-state index in [-0.39, 0.29) is 39.0 Å². The molecule has 0 fully saturated rings. The largest absolute Gasteiger partial charge is 0.497 e. The molecule has 1 aromatic carbocycles. The summed E-state index contributed by atoms with van der Waals surface area (Å²) < 4.78 is 32.4. The molecule has 0 bridgehead atoms. The SMILES string of the molecule is C=C[C@@H](CO[Si](C)(C)C(C)(C)C)[C@@H](O)[C@H](CO[Si](C)(C)C(C)(C)C)[C@H](O[Si](C)(C)C(C)(C)C)/C(C)=C/[C@@H](C)COCc1ccc(OC)cc1. The monoisotopic (exact) mass is 736 g/mol. The molecule has 0 spiro atoms. The Balaban J connectivity index is 3.56. The molecule has 284 valence electrons. The standard InChI is InChI=1S/C40H76O6Si3/c1-20-33(28-44-47(14,15)38(4,5)6)36(41)35(29-45-48(16,17)39(7,8)9)37(46-49(18,19)40(10,11)12)31(3)25-30(2)26-43-27-32-21-23-34(42-13)24-22-32/h20-25,30,33,35-37,41H,1,26-29H2,2-19H3/b31-25+/t30-,33+,35+,36-,37-/m1/s1. The van der Waals surface area contributed by atoms with Crippen LogP contribution in [0.3, 0.4) is 0 Å². The van der Waals surface area contributed by atoms with Crippen molar-refractivity contribution in [3.05, 3.63) is 54.1 Å². The average molecular weight is 737 g/mol. The van der Waals surface area contributed by atoms with Crippen LogP contribution in [0.2, 0.25) is 54.4 Å². The molecule has 1 N–H and O–H groups in total. The van der Waals surface area contributed by atoms with Crippen molar-refractivity contribution in [3.8, 4) is 5.75 Å². The minimum atomic E-state index is -2.29. The van der Waals surface area contributed by atoms with Gasteiger partial charge in [0, 0.05) is 25.0 Å². The van der Waals surface area contributed by atoms with Gasteiger partial charge in [-0.25, -0.2) is 0 Å². The summed E-state index contributed by atoms with van der Waals surface area (Å²) in [5.41, 5.74) is 2.20. The maximum atomic E-state index is 12.4. The predicted octanol–water partition coefficient (Wildman–Crippen LogP) is 11.0. The van der Waals surface area contributed by atoms with E-state index >= 15 is 0 Å². The van der Waals surface area contributed by atoms with Crippen LogP contribution in [0.1, 0.15) is 81.7 Å². The van der Waals surface area contributed by atoms with E-state index < -0.39 is 31.1 Å². The van der Waals surface area contributed by atoms with Crippen LogP contribution >= 0.6 is 0 Å². The molecule has 6 nitrogen and oxygen atoms in total. The summed E-state index contributed by atoms with van der Waals surface area (Å²) in [5.74, 6) is 0.381. The van der Waals surface area contributed by atoms with Crippen molar-refractivity contribution in [1.82, 2.24) is 0 Å². The van der Waals surface area contributed by atoms with Crippen LogP contribution < -0.4 is 4.74 Å². The van der Waals surface area contributed by atoms with Gasteiger partial charge in [0.2, 0.25) is 0 Å². The van der Waals surface area contributed by atoms with Gasteiger partial charge in [0.1, 0.15) is 5.75 Å². The first-order valence-electron chi connectivity index (χ1n) is 18.3. The number of aliphatic hydroxyl groups excluding tert-OH is 1. The lowest BCUT2D eigenvalue weighted by Gasteiger charge is -2.45. The lowest BCUT2D eigenvalue weighted by molar-refractivity contribution is -0.0232. The highest BCUT2D eigenvalue weighted by Crippen LogP contribution is 2.42. The van der Waals surface area contributed by atoms with Gasteiger partial charge in [0.25, 0.3) is 0 Å². The van der Waals surface area contributed by atoms with E-state index in [1.165, 1.54) is 0 Å². The fourth-order valence-electron chi connectivity index (χ4n) is 4.72. The first-order chi connectivity index (χ1) is 22.1. The molecule has 0 saturated heterocycles. The quantitative estimate of drug-likeness (QED) is 0.113. The van der Waals surface area contributed by atoms with Crippen molar-refractivity contribution >= 4 is 25.0 Å². The Labute approximate surface area is 305 Å². The number of benzene rings is 1. The zero-order chi connectivity index (χ0) is 38.2. The predicted molar refractivity (Wildman–Crippen MR) is 217 cm³/mol. The summed E-state index contributed by atoms with van der Waals surface area (Å²) in [6, 6.07) is 7.99. The van der Waals surface area contributed by atoms with E-state index in [2.05, 4.69) is 128 Å². The highest BCUT2D eigenvalue weighted by Gasteiger charge is 2.46. The second-order valence-corrected chi connectivity index (χ2v) is 33.1. The zero-order valence-electron chi connectivity index (χ0n) is 34.9. The van der Waals surface area contributed by atoms with Gasteiger partial charge in [0.15, 0.2) is 25.0 Å². The molecule has 0 aliphatic carbocycles. The minimum absolute atomic E-state index is 0.0162. The average Bonchev–Trinajstić information content (AvgIpc) is 2.95. The maximum absolute atomic E-state index is 12.4. The van der Waals surface area contributed by atoms with Crippen molar-refractivity contribution in [3.63, 3.8) is 0 Å². The molecule has 1 aromatic rings. The van der Waals surface area contributed by atoms with Gasteiger partial charge in [-0.15, -0.1) is 6.58 Å². The number of hydrogen-bond donors (Lipinski definition) is 1. The van der Waals surface area contributed by atoms with Crippen LogP contribution in [0.25, 0.3) is 0 Å². The summed E-state index contributed by atoms with van der Waals surface area (Å²) in [7, 11) is -4.81. The molecule has 0 heterocycles. The summed E-state index contributed by atoms with van der Waals surface area (Å²) in [4.78, 5) is 0. The molecule has 0 aliphatic heterocycles. The fraction of sp³-hybridized carbons (Fsp3) is 0.750. The third-order valence-electron chi connectivity index (χ3n) is 11.5. The van der Waals surface area contributed by atoms with Crippen LogP contribution in [0.15, 0.2) is 48.6 Å². The number of ether oxygens (including phenoxy) is 2. The minimum Gasteiger partial charge on any atom is -0.497 e. The Hall–Kier alpha value is -1.05. The summed E-state index contributed by atoms with van der Waals surface area (Å²) >= 11 is 0. The zero-order valence-corrected chi connectivity index (χ0v) is 37.9. The second-order valence-electron chi connectivity index (χ2n) is 18.7. The Morgan fingerprint density at radius 2 is 1.24 bits per heavy atom. The number of aliphatic hydroxyl groups is 1. The molecule has 49 heavy (non-hydrogen) atoms. The molecule has 1 rings (SSSR count). The van der Waals surface area contributed by atoms with Crippen molar-refractivity contribution < 1.29 is 27.9 Å². The van der Waals surface area contributed by atoms with Crippen molar-refractivity contribution in [2.75, 3.05) is 26.9 Å². The summed E-state index contributed by atoms with van der Waals surface area (Å²) in [5, 5.41) is 12.5. The number of methoxy groups -OCH3 is 1. The third-order valence-corrected chi connectivity index (χ3v) is 24.9. The van der Waals surface area contributed by atoms with Gasteiger partial charge >= 0.3 is 0 Å². The summed E-state index contributed by atoms with van der Waals surface area (Å²) in [6.07, 6.45) is 3.02. The van der Waals surface area contributed by atoms with E-state index in [0.29, 0.717) is 26.4 Å².